The van der Waals surface area contributed by atoms with Gasteiger partial charge in [0.2, 0.25) is 0 Å². The molecule has 9 heteroatoms. The first kappa shape index (κ1) is 18.7. The Morgan fingerprint density at radius 1 is 1.10 bits per heavy atom. The van der Waals surface area contributed by atoms with Crippen LogP contribution >= 0.6 is 0 Å². The Morgan fingerprint density at radius 3 is 2.81 bits per heavy atom. The summed E-state index contributed by atoms with van der Waals surface area (Å²) in [5, 5.41) is 4.23. The maximum atomic E-state index is 12.9. The van der Waals surface area contributed by atoms with Gasteiger partial charge in [0.1, 0.15) is 10.7 Å². The van der Waals surface area contributed by atoms with Crippen LogP contribution in [0.3, 0.4) is 0 Å². The molecule has 1 saturated heterocycles. The van der Waals surface area contributed by atoms with Crippen LogP contribution in [0.15, 0.2) is 56.5 Å². The molecule has 0 bridgehead atoms. The number of benzene rings is 1. The van der Waals surface area contributed by atoms with E-state index in [1.54, 1.807) is 12.3 Å². The van der Waals surface area contributed by atoms with Crippen molar-refractivity contribution in [1.82, 2.24) is 15.1 Å². The van der Waals surface area contributed by atoms with Crippen molar-refractivity contribution >= 4 is 21.5 Å². The van der Waals surface area contributed by atoms with Crippen molar-refractivity contribution in [3.8, 4) is 11.5 Å². The smallest absolute Gasteiger partial charge is 0.286 e. The molecular weight excluding hydrogens is 414 g/mol. The van der Waals surface area contributed by atoms with E-state index in [0.717, 1.165) is 44.2 Å². The second-order valence-electron chi connectivity index (χ2n) is 8.37. The van der Waals surface area contributed by atoms with Gasteiger partial charge in [0.05, 0.1) is 11.1 Å². The number of sulfonamides is 1. The van der Waals surface area contributed by atoms with Crippen molar-refractivity contribution in [3.63, 3.8) is 0 Å². The highest BCUT2D eigenvalue weighted by Gasteiger charge is 2.50. The first-order chi connectivity index (χ1) is 15.1. The first-order valence-corrected chi connectivity index (χ1v) is 12.0. The fourth-order valence-electron chi connectivity index (χ4n) is 4.56. The van der Waals surface area contributed by atoms with E-state index in [1.807, 2.05) is 35.4 Å². The van der Waals surface area contributed by atoms with Crippen LogP contribution in [0.25, 0.3) is 11.5 Å². The Kier molecular flexibility index (Phi) is 4.05. The molecule has 8 nitrogen and oxygen atoms in total. The number of rotatable bonds is 3. The van der Waals surface area contributed by atoms with Crippen molar-refractivity contribution in [2.45, 2.75) is 48.8 Å². The van der Waals surface area contributed by atoms with Crippen molar-refractivity contribution in [2.24, 2.45) is 4.40 Å². The molecule has 6 rings (SSSR count). The van der Waals surface area contributed by atoms with Crippen LogP contribution in [0.4, 0.5) is 5.69 Å². The van der Waals surface area contributed by atoms with Crippen molar-refractivity contribution < 1.29 is 12.9 Å². The van der Waals surface area contributed by atoms with Crippen molar-refractivity contribution in [1.29, 1.82) is 0 Å². The fourth-order valence-corrected chi connectivity index (χ4v) is 5.84. The third-order valence-electron chi connectivity index (χ3n) is 6.41. The molecule has 1 aromatic carbocycles. The number of pyridine rings is 1. The maximum Gasteiger partial charge on any atom is 0.286 e. The largest absolute Gasteiger partial charge is 0.334 e. The summed E-state index contributed by atoms with van der Waals surface area (Å²) in [5.41, 5.74) is 2.07. The molecule has 2 aliphatic heterocycles. The Morgan fingerprint density at radius 2 is 2.00 bits per heavy atom. The third kappa shape index (κ3) is 2.98. The fraction of sp³-hybridized carbons (Fsp3) is 0.364. The van der Waals surface area contributed by atoms with Gasteiger partial charge in [-0.3, -0.25) is 4.98 Å². The van der Waals surface area contributed by atoms with Gasteiger partial charge in [-0.2, -0.15) is 13.4 Å². The summed E-state index contributed by atoms with van der Waals surface area (Å²) in [7, 11) is -3.76. The molecule has 0 N–H and O–H groups in total. The molecule has 1 aliphatic carbocycles. The highest BCUT2D eigenvalue weighted by atomic mass is 32.2. The molecule has 3 aromatic rings. The van der Waals surface area contributed by atoms with Gasteiger partial charge >= 0.3 is 0 Å². The van der Waals surface area contributed by atoms with Crippen molar-refractivity contribution in [3.05, 3.63) is 54.1 Å². The van der Waals surface area contributed by atoms with Gasteiger partial charge in [0.15, 0.2) is 5.82 Å². The summed E-state index contributed by atoms with van der Waals surface area (Å²) < 4.78 is 35.5. The van der Waals surface area contributed by atoms with Crippen LogP contribution in [0.2, 0.25) is 0 Å². The lowest BCUT2D eigenvalue weighted by Crippen LogP contribution is -2.35. The molecule has 4 heterocycles. The number of nitrogens with zero attached hydrogens (tertiary/aromatic N) is 5. The molecule has 0 spiro atoms. The van der Waals surface area contributed by atoms with E-state index < -0.39 is 10.0 Å². The van der Waals surface area contributed by atoms with Crippen LogP contribution in [0, 0.1) is 0 Å². The highest BCUT2D eigenvalue weighted by Crippen LogP contribution is 2.52. The maximum absolute atomic E-state index is 12.9. The Labute approximate surface area is 180 Å². The summed E-state index contributed by atoms with van der Waals surface area (Å²) in [4.78, 5) is 11.1. The number of anilines is 1. The van der Waals surface area contributed by atoms with Gasteiger partial charge in [-0.15, -0.1) is 4.40 Å². The number of aromatic nitrogens is 3. The predicted octanol–water partition coefficient (Wildman–Crippen LogP) is 3.69. The SMILES string of the molecule is O=S1(=O)N=C2CCCCCN2c2ccc(-c3nc(C4(c5cccnc5)CC4)no3)cc21. The van der Waals surface area contributed by atoms with Gasteiger partial charge in [-0.25, -0.2) is 0 Å². The van der Waals surface area contributed by atoms with Crippen LogP contribution in [-0.2, 0) is 15.4 Å². The number of amidine groups is 1. The zero-order chi connectivity index (χ0) is 21.1. The lowest BCUT2D eigenvalue weighted by atomic mass is 9.97. The summed E-state index contributed by atoms with van der Waals surface area (Å²) >= 11 is 0. The molecule has 2 aromatic heterocycles. The normalized spacial score (nSPS) is 20.9. The predicted molar refractivity (Wildman–Crippen MR) is 114 cm³/mol. The molecular formula is C22H21N5O3S. The molecule has 158 valence electrons. The quantitative estimate of drug-likeness (QED) is 0.618. The molecule has 1 saturated carbocycles. The monoisotopic (exact) mass is 435 g/mol. The summed E-state index contributed by atoms with van der Waals surface area (Å²) in [6.45, 7) is 0.777. The minimum atomic E-state index is -3.76. The summed E-state index contributed by atoms with van der Waals surface area (Å²) in [6, 6.07) is 9.22. The number of hydrogen-bond acceptors (Lipinski definition) is 7. The number of fused-ring (bicyclic) bond motifs is 3. The summed E-state index contributed by atoms with van der Waals surface area (Å²) in [6.07, 6.45) is 9.19. The topological polar surface area (TPSA) is 102 Å². The Bertz CT molecular complexity index is 1300. The van der Waals surface area contributed by atoms with Gasteiger partial charge < -0.3 is 9.42 Å². The molecule has 0 unspecified atom stereocenters. The minimum absolute atomic E-state index is 0.198. The van der Waals surface area contributed by atoms with Gasteiger partial charge in [0, 0.05) is 30.9 Å². The number of hydrogen-bond donors (Lipinski definition) is 0. The van der Waals surface area contributed by atoms with E-state index in [1.165, 1.54) is 0 Å². The Hall–Kier alpha value is -3.07. The molecule has 0 amide bonds. The lowest BCUT2D eigenvalue weighted by Gasteiger charge is -2.29. The molecule has 0 radical (unpaired) electrons. The average molecular weight is 436 g/mol. The van der Waals surface area contributed by atoms with E-state index in [2.05, 4.69) is 19.5 Å². The van der Waals surface area contributed by atoms with Crippen molar-refractivity contribution in [2.75, 3.05) is 11.4 Å². The first-order valence-electron chi connectivity index (χ1n) is 10.6. The van der Waals surface area contributed by atoms with Crippen LogP contribution in [-0.4, -0.2) is 35.9 Å². The van der Waals surface area contributed by atoms with E-state index in [-0.39, 0.29) is 10.3 Å². The second kappa shape index (κ2) is 6.71. The van der Waals surface area contributed by atoms with E-state index in [0.29, 0.717) is 35.2 Å². The molecule has 31 heavy (non-hydrogen) atoms. The standard InChI is InChI=1S/C22H21N5O3S/c28-31(29)18-13-15(7-8-17(18)27-12-3-1-2-6-19(27)26-31)20-24-21(25-30-20)22(9-10-22)16-5-4-11-23-14-16/h4-5,7-8,11,13-14H,1-3,6,9-10,12H2. The molecule has 3 aliphatic rings. The minimum Gasteiger partial charge on any atom is -0.334 e. The van der Waals surface area contributed by atoms with E-state index >= 15 is 0 Å². The zero-order valence-electron chi connectivity index (χ0n) is 16.9. The Balaban J connectivity index is 1.39. The zero-order valence-corrected chi connectivity index (χ0v) is 17.7. The van der Waals surface area contributed by atoms with Gasteiger partial charge in [-0.1, -0.05) is 17.6 Å². The third-order valence-corrected chi connectivity index (χ3v) is 7.75. The van der Waals surface area contributed by atoms with Crippen LogP contribution < -0.4 is 4.90 Å². The van der Waals surface area contributed by atoms with Crippen LogP contribution in [0.5, 0.6) is 0 Å². The molecule has 2 fully saturated rings. The average Bonchev–Trinajstić information content (AvgIpc) is 3.50. The lowest BCUT2D eigenvalue weighted by molar-refractivity contribution is 0.417. The highest BCUT2D eigenvalue weighted by molar-refractivity contribution is 7.90. The molecule has 0 atom stereocenters. The van der Waals surface area contributed by atoms with Gasteiger partial charge in [-0.05, 0) is 55.5 Å². The van der Waals surface area contributed by atoms with Gasteiger partial charge in [0.25, 0.3) is 15.9 Å². The second-order valence-corrected chi connectivity index (χ2v) is 9.95. The summed E-state index contributed by atoms with van der Waals surface area (Å²) in [5.74, 6) is 1.57. The van der Waals surface area contributed by atoms with E-state index in [4.69, 9.17) is 4.52 Å². The van der Waals surface area contributed by atoms with E-state index in [9.17, 15) is 8.42 Å². The van der Waals surface area contributed by atoms with Crippen LogP contribution in [0.1, 0.15) is 49.9 Å².